The van der Waals surface area contributed by atoms with Crippen LogP contribution in [-0.2, 0) is 16.1 Å². The Hall–Kier alpha value is -6.87. The van der Waals surface area contributed by atoms with Gasteiger partial charge in [-0.1, -0.05) is 84.7 Å². The largest absolute Gasteiger partial charge is 0.459 e. The molecule has 2 aliphatic carbocycles. The van der Waals surface area contributed by atoms with Gasteiger partial charge in [0.25, 0.3) is 5.69 Å². The summed E-state index contributed by atoms with van der Waals surface area (Å²) in [6, 6.07) is 33.9. The highest BCUT2D eigenvalue weighted by Crippen LogP contribution is 2.62. The first-order valence-corrected chi connectivity index (χ1v) is 24.4. The second-order valence-electron chi connectivity index (χ2n) is 19.3. The van der Waals surface area contributed by atoms with E-state index in [0.29, 0.717) is 41.4 Å². The molecule has 3 aliphatic rings. The van der Waals surface area contributed by atoms with Gasteiger partial charge >= 0.3 is 6.09 Å². The summed E-state index contributed by atoms with van der Waals surface area (Å²) in [6.45, 7) is 9.76. The first-order valence-electron chi connectivity index (χ1n) is 24.4. The average Bonchev–Trinajstić information content (AvgIpc) is 3.36. The number of halogens is 1. The minimum absolute atomic E-state index is 0.0182. The van der Waals surface area contributed by atoms with Gasteiger partial charge in [-0.25, -0.2) is 9.18 Å². The van der Waals surface area contributed by atoms with Crippen LogP contribution >= 0.6 is 0 Å². The Bertz CT molecular complexity index is 2690. The summed E-state index contributed by atoms with van der Waals surface area (Å²) >= 11 is 0. The number of unbranched alkanes of at least 4 members (excludes halogenated alkanes) is 2. The zero-order chi connectivity index (χ0) is 50.1. The maximum Gasteiger partial charge on any atom is 0.416 e. The summed E-state index contributed by atoms with van der Waals surface area (Å²) < 4.78 is 41.7. The van der Waals surface area contributed by atoms with Gasteiger partial charge in [0.1, 0.15) is 40.5 Å². The lowest BCUT2D eigenvalue weighted by atomic mass is 9.55. The highest BCUT2D eigenvalue weighted by atomic mass is 19.1. The molecule has 0 saturated heterocycles. The molecular weight excluding hydrogens is 906 g/mol. The normalized spacial score (nSPS) is 21.7. The van der Waals surface area contributed by atoms with Crippen molar-refractivity contribution < 1.29 is 48.1 Å². The third-order valence-electron chi connectivity index (χ3n) is 13.4. The maximum atomic E-state index is 15.1. The molecule has 0 bridgehead atoms. The fourth-order valence-electron chi connectivity index (χ4n) is 10.3. The molecule has 1 fully saturated rings. The Morgan fingerprint density at radius 2 is 1.55 bits per heavy atom. The molecular formula is C57H62FN3O10. The maximum absolute atomic E-state index is 15.1. The molecule has 1 amide bonds. The van der Waals surface area contributed by atoms with Gasteiger partial charge < -0.3 is 34.0 Å². The summed E-state index contributed by atoms with van der Waals surface area (Å²) in [5.74, 6) is -1.37. The molecule has 71 heavy (non-hydrogen) atoms. The molecule has 372 valence electrons. The molecule has 13 nitrogen and oxygen atoms in total. The molecule has 6 atom stereocenters. The molecule has 2 N–H and O–H groups in total. The van der Waals surface area contributed by atoms with Crippen molar-refractivity contribution >= 4 is 17.5 Å². The van der Waals surface area contributed by atoms with E-state index in [2.05, 4.69) is 24.8 Å². The third-order valence-corrected chi connectivity index (χ3v) is 13.4. The van der Waals surface area contributed by atoms with Crippen LogP contribution in [0.5, 0.6) is 23.0 Å². The zero-order valence-electron chi connectivity index (χ0n) is 40.5. The number of non-ortho nitro benzene ring substituents is 1. The lowest BCUT2D eigenvalue weighted by Gasteiger charge is -2.60. The first-order chi connectivity index (χ1) is 34.3. The number of nitro groups is 1. The van der Waals surface area contributed by atoms with Crippen LogP contribution in [0.3, 0.4) is 0 Å². The monoisotopic (exact) mass is 967 g/mol. The van der Waals surface area contributed by atoms with Gasteiger partial charge in [0.05, 0.1) is 23.2 Å². The number of hydrogen-bond acceptors (Lipinski definition) is 11. The standard InChI is InChI=1S/C57H62FN3O10/c1-5-33-67-57-52(60(37-38-17-21-42(58)22-18-38)55(64)69-45-27-23-43(24-28-45)61(65)66)36-50(59-71-56(2,3)4)48-34-41(15-9-11-31-62)47(16-10-12-32-63)53(54(48)57)49-35-46(29-30-51(49)70-57)68-44-25-19-40(20-26-44)39-13-7-6-8-14-39/h5-8,13-14,17-30,34-35,41,47,52-54,62-63H,1,9-12,15-16,31-33,36-37H2,2-4H3. The molecule has 5 aromatic carbocycles. The zero-order valence-corrected chi connectivity index (χ0v) is 40.5. The molecule has 5 aromatic rings. The number of nitrogens with zero attached hydrogens (tertiary/aromatic N) is 3. The Balaban J connectivity index is 1.32. The fourth-order valence-corrected chi connectivity index (χ4v) is 10.3. The summed E-state index contributed by atoms with van der Waals surface area (Å²) in [5, 5.41) is 36.6. The van der Waals surface area contributed by atoms with Crippen LogP contribution in [0.25, 0.3) is 11.1 Å². The van der Waals surface area contributed by atoms with Crippen LogP contribution in [0.1, 0.15) is 82.8 Å². The van der Waals surface area contributed by atoms with E-state index in [9.17, 15) is 24.7 Å². The highest BCUT2D eigenvalue weighted by molar-refractivity contribution is 6.03. The number of ether oxygens (including phenoxy) is 4. The summed E-state index contributed by atoms with van der Waals surface area (Å²) in [6.07, 6.45) is 7.31. The van der Waals surface area contributed by atoms with Crippen molar-refractivity contribution in [2.45, 2.75) is 95.6 Å². The third kappa shape index (κ3) is 11.7. The number of aliphatic hydroxyl groups is 2. The minimum Gasteiger partial charge on any atom is -0.459 e. The summed E-state index contributed by atoms with van der Waals surface area (Å²) in [7, 11) is 0. The number of aliphatic hydroxyl groups excluding tert-OH is 2. The number of oxime groups is 1. The molecule has 0 aromatic heterocycles. The van der Waals surface area contributed by atoms with Crippen LogP contribution in [0.4, 0.5) is 14.9 Å². The van der Waals surface area contributed by atoms with Crippen molar-refractivity contribution in [3.05, 3.63) is 173 Å². The van der Waals surface area contributed by atoms with Gasteiger partial charge in [-0.05, 0) is 135 Å². The number of hydrogen-bond donors (Lipinski definition) is 2. The van der Waals surface area contributed by atoms with Crippen LogP contribution < -0.4 is 14.2 Å². The molecule has 1 heterocycles. The van der Waals surface area contributed by atoms with Crippen LogP contribution in [0.15, 0.2) is 151 Å². The van der Waals surface area contributed by atoms with Gasteiger partial charge in [0.2, 0.25) is 5.79 Å². The van der Waals surface area contributed by atoms with E-state index in [4.69, 9.17) is 28.9 Å². The van der Waals surface area contributed by atoms with Crippen molar-refractivity contribution in [1.82, 2.24) is 4.90 Å². The quantitative estimate of drug-likeness (QED) is 0.0332. The average molecular weight is 968 g/mol. The van der Waals surface area contributed by atoms with Crippen molar-refractivity contribution in [2.75, 3.05) is 19.8 Å². The van der Waals surface area contributed by atoms with Gasteiger partial charge in [0.15, 0.2) is 0 Å². The predicted octanol–water partition coefficient (Wildman–Crippen LogP) is 12.3. The molecule has 14 heteroatoms. The van der Waals surface area contributed by atoms with Crippen molar-refractivity contribution in [2.24, 2.45) is 22.9 Å². The summed E-state index contributed by atoms with van der Waals surface area (Å²) in [4.78, 5) is 33.9. The first kappa shape index (κ1) is 50.5. The van der Waals surface area contributed by atoms with E-state index >= 15 is 4.79 Å². The molecule has 1 saturated carbocycles. The topological polar surface area (TPSA) is 162 Å². The molecule has 1 aliphatic heterocycles. The Morgan fingerprint density at radius 1 is 0.887 bits per heavy atom. The molecule has 6 unspecified atom stereocenters. The second kappa shape index (κ2) is 22.5. The number of carbonyl (C=O) groups is 1. The number of allylic oxidation sites excluding steroid dienone is 1. The minimum atomic E-state index is -1.64. The van der Waals surface area contributed by atoms with Crippen LogP contribution in [-0.4, -0.2) is 69.1 Å². The summed E-state index contributed by atoms with van der Waals surface area (Å²) in [5.41, 5.74) is 4.12. The smallest absolute Gasteiger partial charge is 0.416 e. The fraction of sp³-hybridized carbons (Fsp3) is 0.368. The van der Waals surface area contributed by atoms with E-state index < -0.39 is 40.2 Å². The SMILES string of the molecule is C=CCOC12Oc3ccc(Oc4ccc(-c5ccccc5)cc4)cc3C3C(CCCCO)C(CCCCO)C=C(C(=NOC(C)(C)C)CC1N(Cc1ccc(F)cc1)C(=O)Oc1ccc([N+](=O)[O-])cc1)C32. The van der Waals surface area contributed by atoms with Gasteiger partial charge in [-0.2, -0.15) is 0 Å². The van der Waals surface area contributed by atoms with E-state index in [1.165, 1.54) is 41.3 Å². The number of rotatable bonds is 20. The Kier molecular flexibility index (Phi) is 16.0. The van der Waals surface area contributed by atoms with Crippen molar-refractivity contribution in [3.8, 4) is 34.1 Å². The van der Waals surface area contributed by atoms with E-state index in [-0.39, 0.29) is 62.0 Å². The van der Waals surface area contributed by atoms with Gasteiger partial charge in [-0.15, -0.1) is 6.58 Å². The molecule has 8 rings (SSSR count). The lowest BCUT2D eigenvalue weighted by Crippen LogP contribution is -2.70. The molecule has 0 radical (unpaired) electrons. The molecule has 0 spiro atoms. The van der Waals surface area contributed by atoms with E-state index in [1.54, 1.807) is 18.2 Å². The van der Waals surface area contributed by atoms with Gasteiger partial charge in [-0.3, -0.25) is 15.0 Å². The number of nitro benzene ring substituents is 1. The van der Waals surface area contributed by atoms with Crippen LogP contribution in [0.2, 0.25) is 0 Å². The van der Waals surface area contributed by atoms with E-state index in [0.717, 1.165) is 47.9 Å². The van der Waals surface area contributed by atoms with Crippen molar-refractivity contribution in [3.63, 3.8) is 0 Å². The number of carbonyl (C=O) groups excluding carboxylic acids is 1. The van der Waals surface area contributed by atoms with Crippen LogP contribution in [0, 0.1) is 33.7 Å². The second-order valence-corrected chi connectivity index (χ2v) is 19.3. The Morgan fingerprint density at radius 3 is 2.21 bits per heavy atom. The number of benzene rings is 5. The highest BCUT2D eigenvalue weighted by Gasteiger charge is 2.66. The van der Waals surface area contributed by atoms with Crippen molar-refractivity contribution in [1.29, 1.82) is 0 Å². The Labute approximate surface area is 414 Å². The number of amides is 1. The lowest BCUT2D eigenvalue weighted by molar-refractivity contribution is -0.384. The van der Waals surface area contributed by atoms with Gasteiger partial charge in [0, 0.05) is 49.8 Å². The van der Waals surface area contributed by atoms with E-state index in [1.807, 2.05) is 81.4 Å². The predicted molar refractivity (Wildman–Crippen MR) is 269 cm³/mol. The number of fused-ring (bicyclic) bond motifs is 2.